The maximum atomic E-state index is 11.4. The number of anilines is 3. The molecule has 0 bridgehead atoms. The molecule has 4 aromatic rings. The first-order valence-electron chi connectivity index (χ1n) is 9.28. The van der Waals surface area contributed by atoms with Crippen molar-refractivity contribution in [3.8, 4) is 0 Å². The molecule has 1 saturated carbocycles. The first-order valence-corrected chi connectivity index (χ1v) is 10.1. The third-order valence-corrected chi connectivity index (χ3v) is 6.07. The summed E-state index contributed by atoms with van der Waals surface area (Å²) in [5, 5.41) is 12.4. The molecule has 0 atom stereocenters. The molecule has 3 aromatic carbocycles. The Bertz CT molecular complexity index is 1170. The summed E-state index contributed by atoms with van der Waals surface area (Å²) in [5.74, 6) is -0.298. The number of aromatic nitrogens is 1. The van der Waals surface area contributed by atoms with Gasteiger partial charge in [-0.15, -0.1) is 0 Å². The van der Waals surface area contributed by atoms with Gasteiger partial charge in [-0.2, -0.15) is 0 Å². The summed E-state index contributed by atoms with van der Waals surface area (Å²) in [7, 11) is 0. The van der Waals surface area contributed by atoms with Gasteiger partial charge in [0.1, 0.15) is 4.88 Å². The van der Waals surface area contributed by atoms with Gasteiger partial charge in [0.05, 0.1) is 11.9 Å². The van der Waals surface area contributed by atoms with Gasteiger partial charge in [-0.25, -0.2) is 9.78 Å². The van der Waals surface area contributed by atoms with Crippen molar-refractivity contribution in [1.29, 1.82) is 0 Å². The van der Waals surface area contributed by atoms with E-state index in [4.69, 9.17) is 0 Å². The molecule has 4 nitrogen and oxygen atoms in total. The third kappa shape index (κ3) is 2.94. The van der Waals surface area contributed by atoms with E-state index in [1.165, 1.54) is 41.3 Å². The SMILES string of the molecule is O=C(O)c1cnc(N(c2ccccc2)c2ccc(C3CC3)c3ccccc23)s1. The molecule has 1 aliphatic carbocycles. The van der Waals surface area contributed by atoms with Crippen LogP contribution in [0.4, 0.5) is 16.5 Å². The zero-order chi connectivity index (χ0) is 19.1. The lowest BCUT2D eigenvalue weighted by Gasteiger charge is -2.24. The second-order valence-corrected chi connectivity index (χ2v) is 7.99. The van der Waals surface area contributed by atoms with Crippen molar-refractivity contribution in [2.24, 2.45) is 0 Å². The Morgan fingerprint density at radius 3 is 2.36 bits per heavy atom. The molecule has 28 heavy (non-hydrogen) atoms. The monoisotopic (exact) mass is 386 g/mol. The van der Waals surface area contributed by atoms with Gasteiger partial charge in [0.25, 0.3) is 0 Å². The molecule has 0 amide bonds. The normalized spacial score (nSPS) is 13.6. The Morgan fingerprint density at radius 1 is 0.964 bits per heavy atom. The Hall–Kier alpha value is -3.18. The number of fused-ring (bicyclic) bond motifs is 1. The van der Waals surface area contributed by atoms with Gasteiger partial charge in [-0.1, -0.05) is 59.9 Å². The van der Waals surface area contributed by atoms with Crippen LogP contribution in [0.15, 0.2) is 72.9 Å². The van der Waals surface area contributed by atoms with E-state index in [0.717, 1.165) is 16.8 Å². The maximum absolute atomic E-state index is 11.4. The molecular formula is C23H18N2O2S. The highest BCUT2D eigenvalue weighted by atomic mass is 32.1. The number of carboxylic acids is 1. The van der Waals surface area contributed by atoms with Crippen LogP contribution >= 0.6 is 11.3 Å². The van der Waals surface area contributed by atoms with E-state index in [-0.39, 0.29) is 4.88 Å². The highest BCUT2D eigenvalue weighted by Crippen LogP contribution is 2.47. The molecule has 5 rings (SSSR count). The fourth-order valence-corrected chi connectivity index (χ4v) is 4.44. The van der Waals surface area contributed by atoms with Crippen LogP contribution in [0, 0.1) is 0 Å². The summed E-state index contributed by atoms with van der Waals surface area (Å²) in [6.45, 7) is 0. The zero-order valence-corrected chi connectivity index (χ0v) is 15.9. The van der Waals surface area contributed by atoms with Crippen LogP contribution in [0.2, 0.25) is 0 Å². The molecule has 0 aliphatic heterocycles. The largest absolute Gasteiger partial charge is 0.477 e. The molecule has 0 radical (unpaired) electrons. The highest BCUT2D eigenvalue weighted by molar-refractivity contribution is 7.17. The van der Waals surface area contributed by atoms with Gasteiger partial charge in [0.15, 0.2) is 5.13 Å². The van der Waals surface area contributed by atoms with E-state index in [9.17, 15) is 9.90 Å². The molecule has 1 heterocycles. The summed E-state index contributed by atoms with van der Waals surface area (Å²) in [5.41, 5.74) is 3.37. The molecule has 1 N–H and O–H groups in total. The van der Waals surface area contributed by atoms with Crippen molar-refractivity contribution >= 4 is 44.6 Å². The third-order valence-electron chi connectivity index (χ3n) is 5.10. The number of aromatic carboxylic acids is 1. The Balaban J connectivity index is 1.74. The average molecular weight is 386 g/mol. The van der Waals surface area contributed by atoms with Gasteiger partial charge in [0.2, 0.25) is 0 Å². The van der Waals surface area contributed by atoms with Gasteiger partial charge in [0, 0.05) is 11.1 Å². The van der Waals surface area contributed by atoms with Crippen molar-refractivity contribution < 1.29 is 9.90 Å². The molecule has 1 aliphatic rings. The van der Waals surface area contributed by atoms with Crippen molar-refractivity contribution in [3.63, 3.8) is 0 Å². The van der Waals surface area contributed by atoms with Crippen LogP contribution in [0.25, 0.3) is 10.8 Å². The van der Waals surface area contributed by atoms with Crippen LogP contribution in [-0.2, 0) is 0 Å². The van der Waals surface area contributed by atoms with Crippen LogP contribution in [-0.4, -0.2) is 16.1 Å². The average Bonchev–Trinajstić information content (AvgIpc) is 3.45. The van der Waals surface area contributed by atoms with E-state index >= 15 is 0 Å². The van der Waals surface area contributed by atoms with Crippen LogP contribution < -0.4 is 4.90 Å². The molecule has 138 valence electrons. The predicted octanol–water partition coefficient (Wildman–Crippen LogP) is 6.34. The number of carbonyl (C=O) groups is 1. The predicted molar refractivity (Wildman–Crippen MR) is 113 cm³/mol. The minimum atomic E-state index is -0.953. The molecule has 1 aromatic heterocycles. The van der Waals surface area contributed by atoms with Crippen LogP contribution in [0.5, 0.6) is 0 Å². The number of rotatable bonds is 5. The molecule has 0 spiro atoms. The fraction of sp³-hybridized carbons (Fsp3) is 0.130. The first kappa shape index (κ1) is 17.0. The van der Waals surface area contributed by atoms with Crippen molar-refractivity contribution in [3.05, 3.63) is 83.4 Å². The molecule has 5 heteroatoms. The molecule has 1 fully saturated rings. The highest BCUT2D eigenvalue weighted by Gasteiger charge is 2.27. The number of nitrogens with zero attached hydrogens (tertiary/aromatic N) is 2. The van der Waals surface area contributed by atoms with Crippen LogP contribution in [0.1, 0.15) is 34.0 Å². The minimum absolute atomic E-state index is 0.231. The maximum Gasteiger partial charge on any atom is 0.347 e. The number of hydrogen-bond donors (Lipinski definition) is 1. The summed E-state index contributed by atoms with van der Waals surface area (Å²) in [6, 6.07) is 22.8. The lowest BCUT2D eigenvalue weighted by molar-refractivity contribution is 0.0702. The minimum Gasteiger partial charge on any atom is -0.477 e. The summed E-state index contributed by atoms with van der Waals surface area (Å²) in [4.78, 5) is 18.1. The van der Waals surface area contributed by atoms with E-state index in [1.807, 2.05) is 30.3 Å². The Labute approximate surface area is 166 Å². The fourth-order valence-electron chi connectivity index (χ4n) is 3.65. The number of para-hydroxylation sites is 1. The molecule has 0 unspecified atom stereocenters. The van der Waals surface area contributed by atoms with E-state index in [1.54, 1.807) is 0 Å². The van der Waals surface area contributed by atoms with Gasteiger partial charge < -0.3 is 5.11 Å². The number of carboxylic acid groups (broad SMARTS) is 1. The second-order valence-electron chi connectivity index (χ2n) is 6.98. The van der Waals surface area contributed by atoms with E-state index in [0.29, 0.717) is 11.0 Å². The van der Waals surface area contributed by atoms with Crippen LogP contribution in [0.3, 0.4) is 0 Å². The van der Waals surface area contributed by atoms with E-state index < -0.39 is 5.97 Å². The lowest BCUT2D eigenvalue weighted by atomic mass is 9.99. The number of benzene rings is 3. The summed E-state index contributed by atoms with van der Waals surface area (Å²) in [6.07, 6.45) is 3.93. The smallest absolute Gasteiger partial charge is 0.347 e. The van der Waals surface area contributed by atoms with Crippen molar-refractivity contribution in [2.45, 2.75) is 18.8 Å². The van der Waals surface area contributed by atoms with Gasteiger partial charge >= 0.3 is 5.97 Å². The Kier molecular flexibility index (Phi) is 4.10. The second kappa shape index (κ2) is 6.77. The van der Waals surface area contributed by atoms with Crippen molar-refractivity contribution in [2.75, 3.05) is 4.90 Å². The summed E-state index contributed by atoms with van der Waals surface area (Å²) >= 11 is 1.19. The number of thiazole rings is 1. The topological polar surface area (TPSA) is 53.4 Å². The summed E-state index contributed by atoms with van der Waals surface area (Å²) < 4.78 is 0. The first-order chi connectivity index (χ1) is 13.7. The number of hydrogen-bond acceptors (Lipinski definition) is 4. The lowest BCUT2D eigenvalue weighted by Crippen LogP contribution is -2.10. The van der Waals surface area contributed by atoms with Gasteiger partial charge in [-0.05, 0) is 47.9 Å². The standard InChI is InChI=1S/C23H18N2O2S/c26-22(27)21-14-24-23(28-21)25(16-6-2-1-3-7-16)20-13-12-17(15-10-11-15)18-8-4-5-9-19(18)20/h1-9,12-15H,10-11H2,(H,26,27). The molecular weight excluding hydrogens is 368 g/mol. The quantitative estimate of drug-likeness (QED) is 0.435. The Morgan fingerprint density at radius 2 is 1.68 bits per heavy atom. The van der Waals surface area contributed by atoms with Gasteiger partial charge in [-0.3, -0.25) is 4.90 Å². The zero-order valence-electron chi connectivity index (χ0n) is 15.1. The van der Waals surface area contributed by atoms with E-state index in [2.05, 4.69) is 46.3 Å². The molecule has 0 saturated heterocycles. The van der Waals surface area contributed by atoms with Crippen molar-refractivity contribution in [1.82, 2.24) is 4.98 Å².